The normalized spacial score (nSPS) is 17.3. The zero-order valence-electron chi connectivity index (χ0n) is 10.6. The number of carbonyl (C=O) groups is 2. The minimum atomic E-state index is -0.158. The van der Waals surface area contributed by atoms with Crippen molar-refractivity contribution in [1.82, 2.24) is 0 Å². The van der Waals surface area contributed by atoms with Crippen LogP contribution >= 0.6 is 0 Å². The standard InChI is InChI=1S/C14H20O3/c1-11(9-10-14(16)17-2)5-3-6-12-7-4-8-13(12)15/h3,6-7,11H,4-5,8-10H2,1-2H3/b6-3-. The van der Waals surface area contributed by atoms with E-state index in [1.54, 1.807) is 0 Å². The van der Waals surface area contributed by atoms with Crippen LogP contribution in [-0.4, -0.2) is 18.9 Å². The smallest absolute Gasteiger partial charge is 0.305 e. The predicted molar refractivity (Wildman–Crippen MR) is 66.5 cm³/mol. The monoisotopic (exact) mass is 236 g/mol. The number of hydrogen-bond acceptors (Lipinski definition) is 3. The van der Waals surface area contributed by atoms with Gasteiger partial charge in [0.15, 0.2) is 5.78 Å². The third-order valence-corrected chi connectivity index (χ3v) is 2.96. The van der Waals surface area contributed by atoms with E-state index in [0.29, 0.717) is 18.8 Å². The van der Waals surface area contributed by atoms with Crippen LogP contribution in [0.2, 0.25) is 0 Å². The highest BCUT2D eigenvalue weighted by Gasteiger charge is 2.11. The fourth-order valence-corrected chi connectivity index (χ4v) is 1.79. The van der Waals surface area contributed by atoms with Gasteiger partial charge in [-0.2, -0.15) is 0 Å². The molecule has 0 amide bonds. The molecule has 1 unspecified atom stereocenters. The first-order valence-electron chi connectivity index (χ1n) is 6.10. The maximum absolute atomic E-state index is 11.3. The van der Waals surface area contributed by atoms with Gasteiger partial charge in [-0.05, 0) is 25.2 Å². The summed E-state index contributed by atoms with van der Waals surface area (Å²) < 4.78 is 4.59. The van der Waals surface area contributed by atoms with Gasteiger partial charge in [-0.3, -0.25) is 9.59 Å². The molecule has 1 aliphatic carbocycles. The summed E-state index contributed by atoms with van der Waals surface area (Å²) in [5.74, 6) is 0.514. The first-order chi connectivity index (χ1) is 8.13. The highest BCUT2D eigenvalue weighted by atomic mass is 16.5. The molecule has 0 saturated heterocycles. The Kier molecular flexibility index (Phi) is 5.67. The van der Waals surface area contributed by atoms with Crippen molar-refractivity contribution in [3.05, 3.63) is 23.8 Å². The van der Waals surface area contributed by atoms with E-state index in [0.717, 1.165) is 24.8 Å². The van der Waals surface area contributed by atoms with Crippen LogP contribution in [0.4, 0.5) is 0 Å². The first-order valence-corrected chi connectivity index (χ1v) is 6.10. The van der Waals surface area contributed by atoms with E-state index in [1.807, 2.05) is 18.2 Å². The summed E-state index contributed by atoms with van der Waals surface area (Å²) >= 11 is 0. The number of methoxy groups -OCH3 is 1. The summed E-state index contributed by atoms with van der Waals surface area (Å²) in [4.78, 5) is 22.3. The van der Waals surface area contributed by atoms with Crippen molar-refractivity contribution in [3.8, 4) is 0 Å². The summed E-state index contributed by atoms with van der Waals surface area (Å²) in [6.45, 7) is 2.10. The molecule has 3 nitrogen and oxygen atoms in total. The second kappa shape index (κ2) is 7.05. The Morgan fingerprint density at radius 1 is 1.59 bits per heavy atom. The van der Waals surface area contributed by atoms with E-state index in [2.05, 4.69) is 11.7 Å². The van der Waals surface area contributed by atoms with Crippen LogP contribution in [-0.2, 0) is 14.3 Å². The van der Waals surface area contributed by atoms with Gasteiger partial charge in [0.05, 0.1) is 7.11 Å². The van der Waals surface area contributed by atoms with Crippen LogP contribution in [0, 0.1) is 5.92 Å². The van der Waals surface area contributed by atoms with Gasteiger partial charge in [-0.15, -0.1) is 0 Å². The summed E-state index contributed by atoms with van der Waals surface area (Å²) in [5, 5.41) is 0. The molecule has 0 bridgehead atoms. The minimum absolute atomic E-state index is 0.158. The second-order valence-corrected chi connectivity index (χ2v) is 4.48. The molecule has 1 atom stereocenters. The van der Waals surface area contributed by atoms with Crippen molar-refractivity contribution in [3.63, 3.8) is 0 Å². The zero-order chi connectivity index (χ0) is 12.7. The zero-order valence-corrected chi connectivity index (χ0v) is 10.6. The van der Waals surface area contributed by atoms with Gasteiger partial charge in [0.2, 0.25) is 0 Å². The van der Waals surface area contributed by atoms with Gasteiger partial charge >= 0.3 is 5.97 Å². The van der Waals surface area contributed by atoms with Crippen LogP contribution in [0.3, 0.4) is 0 Å². The fourth-order valence-electron chi connectivity index (χ4n) is 1.79. The SMILES string of the molecule is COC(=O)CCC(C)C/C=C\C1=CCCC1=O. The minimum Gasteiger partial charge on any atom is -0.469 e. The van der Waals surface area contributed by atoms with Crippen LogP contribution in [0.5, 0.6) is 0 Å². The predicted octanol–water partition coefficient (Wildman–Crippen LogP) is 2.81. The second-order valence-electron chi connectivity index (χ2n) is 4.48. The largest absolute Gasteiger partial charge is 0.469 e. The van der Waals surface area contributed by atoms with Gasteiger partial charge in [-0.1, -0.05) is 25.2 Å². The molecular formula is C14H20O3. The number of hydrogen-bond donors (Lipinski definition) is 0. The van der Waals surface area contributed by atoms with Gasteiger partial charge in [0.25, 0.3) is 0 Å². The Morgan fingerprint density at radius 2 is 2.35 bits per heavy atom. The van der Waals surface area contributed by atoms with Gasteiger partial charge in [-0.25, -0.2) is 0 Å². The van der Waals surface area contributed by atoms with Crippen molar-refractivity contribution in [1.29, 1.82) is 0 Å². The van der Waals surface area contributed by atoms with E-state index < -0.39 is 0 Å². The third-order valence-electron chi connectivity index (χ3n) is 2.96. The molecule has 17 heavy (non-hydrogen) atoms. The van der Waals surface area contributed by atoms with E-state index in [1.165, 1.54) is 7.11 Å². The van der Waals surface area contributed by atoms with Crippen LogP contribution in [0.25, 0.3) is 0 Å². The number of ketones is 1. The van der Waals surface area contributed by atoms with Crippen molar-refractivity contribution in [2.24, 2.45) is 5.92 Å². The summed E-state index contributed by atoms with van der Waals surface area (Å²) in [5.41, 5.74) is 0.838. The number of esters is 1. The van der Waals surface area contributed by atoms with E-state index >= 15 is 0 Å². The van der Waals surface area contributed by atoms with Crippen molar-refractivity contribution >= 4 is 11.8 Å². The number of allylic oxidation sites excluding steroid dienone is 4. The molecule has 0 heterocycles. The summed E-state index contributed by atoms with van der Waals surface area (Å²) in [6.07, 6.45) is 9.62. The molecule has 0 N–H and O–H groups in total. The quantitative estimate of drug-likeness (QED) is 0.666. The van der Waals surface area contributed by atoms with Crippen molar-refractivity contribution in [2.45, 2.75) is 39.0 Å². The van der Waals surface area contributed by atoms with Crippen LogP contribution < -0.4 is 0 Å². The topological polar surface area (TPSA) is 43.4 Å². The Balaban J connectivity index is 2.23. The van der Waals surface area contributed by atoms with E-state index in [-0.39, 0.29) is 11.8 Å². The highest BCUT2D eigenvalue weighted by Crippen LogP contribution is 2.17. The van der Waals surface area contributed by atoms with E-state index in [4.69, 9.17) is 0 Å². The summed E-state index contributed by atoms with van der Waals surface area (Å²) in [7, 11) is 1.41. The molecular weight excluding hydrogens is 216 g/mol. The lowest BCUT2D eigenvalue weighted by Crippen LogP contribution is -2.03. The van der Waals surface area contributed by atoms with Gasteiger partial charge in [0, 0.05) is 18.4 Å². The fraction of sp³-hybridized carbons (Fsp3) is 0.571. The molecule has 0 radical (unpaired) electrons. The van der Waals surface area contributed by atoms with Crippen LogP contribution in [0.1, 0.15) is 39.0 Å². The molecule has 1 rings (SSSR count). The molecule has 0 aromatic heterocycles. The third kappa shape index (κ3) is 4.98. The molecule has 3 heteroatoms. The number of Topliss-reactive ketones (excluding diaryl/α,β-unsaturated/α-hetero) is 1. The Labute approximate surface area is 103 Å². The lowest BCUT2D eigenvalue weighted by Gasteiger charge is -2.06. The van der Waals surface area contributed by atoms with Gasteiger partial charge < -0.3 is 4.74 Å². The van der Waals surface area contributed by atoms with Crippen molar-refractivity contribution in [2.75, 3.05) is 7.11 Å². The molecule has 0 aliphatic heterocycles. The lowest BCUT2D eigenvalue weighted by atomic mass is 10.0. The van der Waals surface area contributed by atoms with E-state index in [9.17, 15) is 9.59 Å². The molecule has 0 aromatic carbocycles. The molecule has 0 fully saturated rings. The highest BCUT2D eigenvalue weighted by molar-refractivity contribution is 6.00. The molecule has 94 valence electrons. The van der Waals surface area contributed by atoms with Crippen molar-refractivity contribution < 1.29 is 14.3 Å². The number of ether oxygens (including phenoxy) is 1. The van der Waals surface area contributed by atoms with Crippen LogP contribution in [0.15, 0.2) is 23.8 Å². The Bertz CT molecular complexity index is 339. The Morgan fingerprint density at radius 3 is 2.94 bits per heavy atom. The lowest BCUT2D eigenvalue weighted by molar-refractivity contribution is -0.140. The average Bonchev–Trinajstić information content (AvgIpc) is 2.72. The summed E-state index contributed by atoms with van der Waals surface area (Å²) in [6, 6.07) is 0. The average molecular weight is 236 g/mol. The maximum atomic E-state index is 11.3. The number of carbonyl (C=O) groups excluding carboxylic acids is 2. The molecule has 0 aromatic rings. The molecule has 0 saturated carbocycles. The maximum Gasteiger partial charge on any atom is 0.305 e. The first kappa shape index (κ1) is 13.7. The number of rotatable bonds is 6. The molecule has 0 spiro atoms. The Hall–Kier alpha value is -1.38. The van der Waals surface area contributed by atoms with Gasteiger partial charge in [0.1, 0.15) is 0 Å². The molecule has 1 aliphatic rings.